The minimum atomic E-state index is -0.871. The summed E-state index contributed by atoms with van der Waals surface area (Å²) >= 11 is 0. The summed E-state index contributed by atoms with van der Waals surface area (Å²) < 4.78 is 5.35. The Morgan fingerprint density at radius 3 is 2.40 bits per heavy atom. The van der Waals surface area contributed by atoms with Crippen LogP contribution in [0.25, 0.3) is 0 Å². The van der Waals surface area contributed by atoms with Crippen LogP contribution in [0.5, 0.6) is 0 Å². The number of nitrogens with zero attached hydrogens (tertiary/aromatic N) is 1. The van der Waals surface area contributed by atoms with Gasteiger partial charge in [-0.25, -0.2) is 4.79 Å². The van der Waals surface area contributed by atoms with Crippen molar-refractivity contribution in [1.29, 1.82) is 0 Å². The minimum Gasteiger partial charge on any atom is -0.444 e. The summed E-state index contributed by atoms with van der Waals surface area (Å²) in [7, 11) is 0. The van der Waals surface area contributed by atoms with Gasteiger partial charge in [0.15, 0.2) is 0 Å². The number of carbonyl (C=O) groups excluding carboxylic acids is 2. The fourth-order valence-electron chi connectivity index (χ4n) is 2.81. The first-order chi connectivity index (χ1) is 9.26. The van der Waals surface area contributed by atoms with E-state index in [1.165, 1.54) is 0 Å². The van der Waals surface area contributed by atoms with Gasteiger partial charge in [0, 0.05) is 25.6 Å². The van der Waals surface area contributed by atoms with Crippen molar-refractivity contribution in [2.24, 2.45) is 5.92 Å². The van der Waals surface area contributed by atoms with Crippen LogP contribution in [-0.4, -0.2) is 52.8 Å². The number of amides is 2. The second-order valence-electron chi connectivity index (χ2n) is 6.67. The number of carbonyl (C=O) groups is 2. The smallest absolute Gasteiger partial charge is 0.410 e. The molecule has 2 amide bonds. The maximum absolute atomic E-state index is 11.9. The van der Waals surface area contributed by atoms with Crippen LogP contribution >= 0.6 is 0 Å². The highest BCUT2D eigenvalue weighted by atomic mass is 16.6. The number of hydrogen-bond acceptors (Lipinski definition) is 4. The zero-order valence-electron chi connectivity index (χ0n) is 12.4. The standard InChI is InChI=1S/C14H24N2O4/c1-14(2,3)20-13(19)16-6-4-9(5-7-16)10-8-11(17)12(18)15-10/h9-11,17H,4-8H2,1-3H3,(H,15,18). The Balaban J connectivity index is 1.81. The van der Waals surface area contributed by atoms with E-state index in [4.69, 9.17) is 4.74 Å². The van der Waals surface area contributed by atoms with E-state index < -0.39 is 11.7 Å². The van der Waals surface area contributed by atoms with Crippen LogP contribution in [-0.2, 0) is 9.53 Å². The summed E-state index contributed by atoms with van der Waals surface area (Å²) in [6.45, 7) is 6.84. The first kappa shape index (κ1) is 15.1. The zero-order valence-corrected chi connectivity index (χ0v) is 12.4. The van der Waals surface area contributed by atoms with E-state index in [1.54, 1.807) is 4.90 Å². The molecule has 0 aliphatic carbocycles. The van der Waals surface area contributed by atoms with Crippen molar-refractivity contribution in [2.75, 3.05) is 13.1 Å². The molecule has 0 aromatic carbocycles. The SMILES string of the molecule is CC(C)(C)OC(=O)N1CCC(C2CC(O)C(=O)N2)CC1. The monoisotopic (exact) mass is 284 g/mol. The van der Waals surface area contributed by atoms with Crippen LogP contribution in [0.3, 0.4) is 0 Å². The third kappa shape index (κ3) is 3.62. The van der Waals surface area contributed by atoms with Gasteiger partial charge in [0.25, 0.3) is 0 Å². The third-order valence-corrected chi connectivity index (χ3v) is 3.87. The Bertz CT molecular complexity index is 383. The predicted molar refractivity (Wildman–Crippen MR) is 73.1 cm³/mol. The second-order valence-corrected chi connectivity index (χ2v) is 6.67. The van der Waals surface area contributed by atoms with Gasteiger partial charge in [-0.3, -0.25) is 4.79 Å². The topological polar surface area (TPSA) is 78.9 Å². The first-order valence-corrected chi connectivity index (χ1v) is 7.22. The molecule has 0 spiro atoms. The molecule has 2 aliphatic rings. The maximum Gasteiger partial charge on any atom is 0.410 e. The molecule has 2 saturated heterocycles. The second kappa shape index (κ2) is 5.60. The molecule has 0 aromatic heterocycles. The Morgan fingerprint density at radius 1 is 1.35 bits per heavy atom. The minimum absolute atomic E-state index is 0.0401. The molecule has 2 N–H and O–H groups in total. The summed E-state index contributed by atoms with van der Waals surface area (Å²) in [6.07, 6.45) is 0.999. The summed E-state index contributed by atoms with van der Waals surface area (Å²) in [5.41, 5.74) is -0.475. The van der Waals surface area contributed by atoms with Gasteiger partial charge in [-0.05, 0) is 39.5 Å². The Morgan fingerprint density at radius 2 is 1.95 bits per heavy atom. The molecule has 2 rings (SSSR count). The van der Waals surface area contributed by atoms with Crippen molar-refractivity contribution in [3.05, 3.63) is 0 Å². The van der Waals surface area contributed by atoms with Gasteiger partial charge < -0.3 is 20.1 Å². The molecule has 2 heterocycles. The van der Waals surface area contributed by atoms with Crippen molar-refractivity contribution >= 4 is 12.0 Å². The molecule has 0 saturated carbocycles. The number of likely N-dealkylation sites (tertiary alicyclic amines) is 1. The Labute approximate surface area is 119 Å². The Hall–Kier alpha value is -1.30. The van der Waals surface area contributed by atoms with Gasteiger partial charge in [0.2, 0.25) is 5.91 Å². The van der Waals surface area contributed by atoms with Crippen molar-refractivity contribution in [3.8, 4) is 0 Å². The molecule has 2 aliphatic heterocycles. The van der Waals surface area contributed by atoms with Crippen LogP contribution < -0.4 is 5.32 Å². The van der Waals surface area contributed by atoms with Crippen molar-refractivity contribution in [3.63, 3.8) is 0 Å². The van der Waals surface area contributed by atoms with Crippen LogP contribution in [0.2, 0.25) is 0 Å². The zero-order chi connectivity index (χ0) is 14.9. The molecule has 2 unspecified atom stereocenters. The lowest BCUT2D eigenvalue weighted by molar-refractivity contribution is -0.126. The van der Waals surface area contributed by atoms with E-state index in [0.29, 0.717) is 25.4 Å². The Kier molecular flexibility index (Phi) is 4.22. The molecule has 0 radical (unpaired) electrons. The molecular formula is C14H24N2O4. The summed E-state index contributed by atoms with van der Waals surface area (Å²) in [5.74, 6) is 0.0550. The van der Waals surface area contributed by atoms with Crippen molar-refractivity contribution < 1.29 is 19.4 Å². The van der Waals surface area contributed by atoms with E-state index >= 15 is 0 Å². The lowest BCUT2D eigenvalue weighted by Gasteiger charge is -2.35. The van der Waals surface area contributed by atoms with Gasteiger partial charge in [0.05, 0.1) is 0 Å². The number of aliphatic hydroxyl groups is 1. The highest BCUT2D eigenvalue weighted by Crippen LogP contribution is 2.27. The molecule has 6 heteroatoms. The fraction of sp³-hybridized carbons (Fsp3) is 0.857. The average molecular weight is 284 g/mol. The average Bonchev–Trinajstić information content (AvgIpc) is 2.68. The van der Waals surface area contributed by atoms with Crippen molar-refractivity contribution in [2.45, 2.75) is 57.8 Å². The molecule has 2 fully saturated rings. The number of hydrogen-bond donors (Lipinski definition) is 2. The number of nitrogens with one attached hydrogen (secondary N) is 1. The van der Waals surface area contributed by atoms with E-state index in [0.717, 1.165) is 12.8 Å². The van der Waals surface area contributed by atoms with E-state index in [9.17, 15) is 14.7 Å². The fourth-order valence-corrected chi connectivity index (χ4v) is 2.81. The van der Waals surface area contributed by atoms with Crippen molar-refractivity contribution in [1.82, 2.24) is 10.2 Å². The van der Waals surface area contributed by atoms with Crippen LogP contribution in [0.15, 0.2) is 0 Å². The molecule has 0 bridgehead atoms. The largest absolute Gasteiger partial charge is 0.444 e. The van der Waals surface area contributed by atoms with Gasteiger partial charge in [-0.2, -0.15) is 0 Å². The molecule has 2 atom stereocenters. The van der Waals surface area contributed by atoms with Gasteiger partial charge in [0.1, 0.15) is 11.7 Å². The van der Waals surface area contributed by atoms with E-state index in [2.05, 4.69) is 5.32 Å². The third-order valence-electron chi connectivity index (χ3n) is 3.87. The normalized spacial score (nSPS) is 28.4. The quantitative estimate of drug-likeness (QED) is 0.749. The number of rotatable bonds is 1. The molecule has 0 aromatic rings. The number of ether oxygens (including phenoxy) is 1. The highest BCUT2D eigenvalue weighted by Gasteiger charge is 2.37. The first-order valence-electron chi connectivity index (χ1n) is 7.22. The molecule has 20 heavy (non-hydrogen) atoms. The molecule has 6 nitrogen and oxygen atoms in total. The predicted octanol–water partition coefficient (Wildman–Crippen LogP) is 0.883. The van der Waals surface area contributed by atoms with E-state index in [1.807, 2.05) is 20.8 Å². The summed E-state index contributed by atoms with van der Waals surface area (Å²) in [5, 5.41) is 12.3. The van der Waals surface area contributed by atoms with Gasteiger partial charge >= 0.3 is 6.09 Å². The van der Waals surface area contributed by atoms with Crippen LogP contribution in [0.4, 0.5) is 4.79 Å². The van der Waals surface area contributed by atoms with E-state index in [-0.39, 0.29) is 18.0 Å². The lowest BCUT2D eigenvalue weighted by Crippen LogP contribution is -2.45. The van der Waals surface area contributed by atoms with Crippen LogP contribution in [0, 0.1) is 5.92 Å². The maximum atomic E-state index is 11.9. The molecule has 114 valence electrons. The van der Waals surface area contributed by atoms with Gasteiger partial charge in [-0.15, -0.1) is 0 Å². The molecular weight excluding hydrogens is 260 g/mol. The number of piperidine rings is 1. The highest BCUT2D eigenvalue weighted by molar-refractivity contribution is 5.83. The summed E-state index contributed by atoms with van der Waals surface area (Å²) in [4.78, 5) is 25.0. The van der Waals surface area contributed by atoms with Gasteiger partial charge in [-0.1, -0.05) is 0 Å². The number of aliphatic hydroxyl groups excluding tert-OH is 1. The van der Waals surface area contributed by atoms with Crippen LogP contribution in [0.1, 0.15) is 40.0 Å². The lowest BCUT2D eigenvalue weighted by atomic mass is 9.88. The summed E-state index contributed by atoms with van der Waals surface area (Å²) in [6, 6.07) is 0.0401.